The molecule has 1 aliphatic rings. The Bertz CT molecular complexity index is 746. The van der Waals surface area contributed by atoms with E-state index in [1.54, 1.807) is 27.7 Å². The van der Waals surface area contributed by atoms with E-state index in [4.69, 9.17) is 19.9 Å². The van der Waals surface area contributed by atoms with Gasteiger partial charge in [0.05, 0.1) is 18.6 Å². The summed E-state index contributed by atoms with van der Waals surface area (Å²) in [5, 5.41) is 2.68. The highest BCUT2D eigenvalue weighted by atomic mass is 16.6. The van der Waals surface area contributed by atoms with E-state index in [-0.39, 0.29) is 32.0 Å². The van der Waals surface area contributed by atoms with Crippen LogP contribution in [-0.4, -0.2) is 41.8 Å². The molecule has 8 nitrogen and oxygen atoms in total. The zero-order valence-corrected chi connectivity index (χ0v) is 18.1. The van der Waals surface area contributed by atoms with Crippen molar-refractivity contribution in [3.63, 3.8) is 0 Å². The van der Waals surface area contributed by atoms with Gasteiger partial charge in [0.2, 0.25) is 0 Å². The Morgan fingerprint density at radius 2 is 1.83 bits per heavy atom. The minimum atomic E-state index is -1.48. The third kappa shape index (κ3) is 6.45. The number of amides is 1. The third-order valence-corrected chi connectivity index (χ3v) is 4.95. The predicted octanol–water partition coefficient (Wildman–Crippen LogP) is 2.68. The molecule has 0 bridgehead atoms. The number of benzene rings is 1. The highest BCUT2D eigenvalue weighted by molar-refractivity contribution is 5.84. The van der Waals surface area contributed by atoms with Gasteiger partial charge >= 0.3 is 18.0 Å². The maximum absolute atomic E-state index is 12.9. The molecule has 0 radical (unpaired) electrons. The second kappa shape index (κ2) is 9.93. The number of nitrogens with two attached hydrogens (primary N) is 1. The van der Waals surface area contributed by atoms with Gasteiger partial charge in [-0.25, -0.2) is 9.59 Å². The number of esters is 2. The first-order valence-electron chi connectivity index (χ1n) is 10.2. The standard InChI is InChI=1S/C22H32N2O6/c1-5-28-18(25)16-11-12-22(23,17(13-16)24-20(27)30-21(2,3)4)19(26)29-14-15-9-7-6-8-10-15/h6-10,16-17H,5,11-14,23H2,1-4H3,(H,24,27). The van der Waals surface area contributed by atoms with Crippen molar-refractivity contribution in [1.82, 2.24) is 5.32 Å². The molecule has 0 spiro atoms. The van der Waals surface area contributed by atoms with Crippen LogP contribution in [-0.2, 0) is 30.4 Å². The number of carbonyl (C=O) groups excluding carboxylic acids is 3. The monoisotopic (exact) mass is 420 g/mol. The van der Waals surface area contributed by atoms with E-state index in [0.717, 1.165) is 5.56 Å². The van der Waals surface area contributed by atoms with Crippen LogP contribution >= 0.6 is 0 Å². The van der Waals surface area contributed by atoms with Gasteiger partial charge in [-0.1, -0.05) is 30.3 Å². The largest absolute Gasteiger partial charge is 0.466 e. The Balaban J connectivity index is 2.14. The fraction of sp³-hybridized carbons (Fsp3) is 0.591. The molecule has 166 valence electrons. The lowest BCUT2D eigenvalue weighted by molar-refractivity contribution is -0.158. The Morgan fingerprint density at radius 3 is 2.43 bits per heavy atom. The van der Waals surface area contributed by atoms with Crippen molar-refractivity contribution in [3.8, 4) is 0 Å². The maximum atomic E-state index is 12.9. The molecule has 1 aromatic carbocycles. The van der Waals surface area contributed by atoms with E-state index in [2.05, 4.69) is 5.32 Å². The summed E-state index contributed by atoms with van der Waals surface area (Å²) in [5.74, 6) is -1.47. The molecule has 1 aliphatic carbocycles. The molecule has 30 heavy (non-hydrogen) atoms. The number of nitrogens with one attached hydrogen (secondary N) is 1. The molecule has 3 N–H and O–H groups in total. The molecule has 1 saturated carbocycles. The quantitative estimate of drug-likeness (QED) is 0.537. The van der Waals surface area contributed by atoms with Crippen LogP contribution in [0.4, 0.5) is 4.79 Å². The lowest BCUT2D eigenvalue weighted by Crippen LogP contribution is -2.66. The SMILES string of the molecule is CCOC(=O)C1CCC(N)(C(=O)OCc2ccccc2)C(NC(=O)OC(C)(C)C)C1. The summed E-state index contributed by atoms with van der Waals surface area (Å²) < 4.78 is 15.9. The molecular formula is C22H32N2O6. The van der Waals surface area contributed by atoms with Crippen LogP contribution in [0.5, 0.6) is 0 Å². The molecule has 0 aromatic heterocycles. The fourth-order valence-electron chi connectivity index (χ4n) is 3.41. The molecule has 0 aliphatic heterocycles. The highest BCUT2D eigenvalue weighted by Crippen LogP contribution is 2.33. The van der Waals surface area contributed by atoms with Crippen molar-refractivity contribution in [1.29, 1.82) is 0 Å². The second-order valence-electron chi connectivity index (χ2n) is 8.52. The van der Waals surface area contributed by atoms with Crippen molar-refractivity contribution >= 4 is 18.0 Å². The fourth-order valence-corrected chi connectivity index (χ4v) is 3.41. The summed E-state index contributed by atoms with van der Waals surface area (Å²) in [7, 11) is 0. The normalized spacial score (nSPS) is 23.9. The molecule has 0 saturated heterocycles. The van der Waals surface area contributed by atoms with Crippen LogP contribution in [0, 0.1) is 5.92 Å². The number of ether oxygens (including phenoxy) is 3. The van der Waals surface area contributed by atoms with E-state index < -0.39 is 35.2 Å². The van der Waals surface area contributed by atoms with Gasteiger partial charge < -0.3 is 25.3 Å². The second-order valence-corrected chi connectivity index (χ2v) is 8.52. The zero-order valence-electron chi connectivity index (χ0n) is 18.1. The Hall–Kier alpha value is -2.61. The van der Waals surface area contributed by atoms with Gasteiger partial charge in [-0.3, -0.25) is 4.79 Å². The van der Waals surface area contributed by atoms with Crippen LogP contribution < -0.4 is 11.1 Å². The minimum absolute atomic E-state index is 0.0685. The molecule has 0 heterocycles. The van der Waals surface area contributed by atoms with Gasteiger partial charge in [0.1, 0.15) is 17.7 Å². The molecule has 2 rings (SSSR count). The van der Waals surface area contributed by atoms with E-state index in [1.807, 2.05) is 30.3 Å². The summed E-state index contributed by atoms with van der Waals surface area (Å²) in [6.07, 6.45) is -0.00956. The molecule has 1 fully saturated rings. The van der Waals surface area contributed by atoms with E-state index in [9.17, 15) is 14.4 Å². The van der Waals surface area contributed by atoms with Gasteiger partial charge in [-0.2, -0.15) is 0 Å². The van der Waals surface area contributed by atoms with Gasteiger partial charge in [-0.05, 0) is 52.5 Å². The predicted molar refractivity (Wildman–Crippen MR) is 110 cm³/mol. The lowest BCUT2D eigenvalue weighted by atomic mass is 9.73. The molecule has 3 unspecified atom stereocenters. The van der Waals surface area contributed by atoms with Crippen LogP contribution in [0.2, 0.25) is 0 Å². The summed E-state index contributed by atoms with van der Waals surface area (Å²) in [6, 6.07) is 8.40. The highest BCUT2D eigenvalue weighted by Gasteiger charge is 2.50. The topological polar surface area (TPSA) is 117 Å². The first-order valence-corrected chi connectivity index (χ1v) is 10.2. The van der Waals surface area contributed by atoms with E-state index in [1.165, 1.54) is 0 Å². The average molecular weight is 421 g/mol. The smallest absolute Gasteiger partial charge is 0.407 e. The number of alkyl carbamates (subject to hydrolysis) is 1. The van der Waals surface area contributed by atoms with E-state index in [0.29, 0.717) is 6.42 Å². The summed E-state index contributed by atoms with van der Waals surface area (Å²) in [4.78, 5) is 37.5. The van der Waals surface area contributed by atoms with Crippen molar-refractivity contribution in [3.05, 3.63) is 35.9 Å². The van der Waals surface area contributed by atoms with Gasteiger partial charge in [0.15, 0.2) is 0 Å². The Morgan fingerprint density at radius 1 is 1.17 bits per heavy atom. The van der Waals surface area contributed by atoms with Crippen molar-refractivity contribution in [2.75, 3.05) is 6.61 Å². The lowest BCUT2D eigenvalue weighted by Gasteiger charge is -2.41. The van der Waals surface area contributed by atoms with Crippen molar-refractivity contribution in [2.24, 2.45) is 11.7 Å². The summed E-state index contributed by atoms with van der Waals surface area (Å²) in [5.41, 5.74) is 5.09. The van der Waals surface area contributed by atoms with E-state index >= 15 is 0 Å². The first kappa shape index (κ1) is 23.7. The third-order valence-electron chi connectivity index (χ3n) is 4.95. The van der Waals surface area contributed by atoms with Gasteiger partial charge in [-0.15, -0.1) is 0 Å². The van der Waals surface area contributed by atoms with Crippen LogP contribution in [0.25, 0.3) is 0 Å². The number of hydrogen-bond donors (Lipinski definition) is 2. The molecule has 3 atom stereocenters. The Labute approximate surface area is 177 Å². The Kier molecular flexibility index (Phi) is 7.83. The van der Waals surface area contributed by atoms with Gasteiger partial charge in [0, 0.05) is 0 Å². The molecular weight excluding hydrogens is 388 g/mol. The minimum Gasteiger partial charge on any atom is -0.466 e. The van der Waals surface area contributed by atoms with Crippen LogP contribution in [0.15, 0.2) is 30.3 Å². The number of rotatable bonds is 6. The number of hydrogen-bond acceptors (Lipinski definition) is 7. The zero-order chi connectivity index (χ0) is 22.4. The average Bonchev–Trinajstić information content (AvgIpc) is 2.67. The van der Waals surface area contributed by atoms with Crippen molar-refractivity contribution < 1.29 is 28.6 Å². The first-order chi connectivity index (χ1) is 14.0. The van der Waals surface area contributed by atoms with Crippen LogP contribution in [0.1, 0.15) is 52.5 Å². The van der Waals surface area contributed by atoms with Crippen LogP contribution in [0.3, 0.4) is 0 Å². The van der Waals surface area contributed by atoms with Crippen molar-refractivity contribution in [2.45, 2.75) is 70.7 Å². The maximum Gasteiger partial charge on any atom is 0.407 e. The summed E-state index contributed by atoms with van der Waals surface area (Å²) in [6.45, 7) is 7.26. The number of carbonyl (C=O) groups is 3. The summed E-state index contributed by atoms with van der Waals surface area (Å²) >= 11 is 0. The molecule has 1 aromatic rings. The molecule has 8 heteroatoms. The van der Waals surface area contributed by atoms with Gasteiger partial charge in [0.25, 0.3) is 0 Å². The molecule has 1 amide bonds.